The van der Waals surface area contributed by atoms with E-state index in [-0.39, 0.29) is 17.7 Å². The van der Waals surface area contributed by atoms with Crippen LogP contribution in [-0.2, 0) is 4.74 Å². The molecule has 21 heavy (non-hydrogen) atoms. The third kappa shape index (κ3) is 5.04. The number of benzene rings is 1. The maximum absolute atomic E-state index is 12.3. The van der Waals surface area contributed by atoms with E-state index in [1.807, 2.05) is 0 Å². The van der Waals surface area contributed by atoms with E-state index in [1.165, 1.54) is 6.92 Å². The van der Waals surface area contributed by atoms with Crippen LogP contribution in [0.1, 0.15) is 34.6 Å². The fraction of sp³-hybridized carbons (Fsp3) is 0.385. The van der Waals surface area contributed by atoms with Crippen LogP contribution in [0.15, 0.2) is 18.2 Å². The molecule has 0 N–H and O–H groups in total. The van der Waals surface area contributed by atoms with Gasteiger partial charge in [0.05, 0.1) is 22.6 Å². The van der Waals surface area contributed by atoms with E-state index in [0.717, 1.165) is 18.2 Å². The van der Waals surface area contributed by atoms with Crippen molar-refractivity contribution < 1.29 is 32.2 Å². The number of carbonyl (C=O) groups excluding carboxylic acids is 2. The van der Waals surface area contributed by atoms with Crippen molar-refractivity contribution in [3.63, 3.8) is 0 Å². The molecule has 0 aromatic heterocycles. The Labute approximate surface area is 127 Å². The van der Waals surface area contributed by atoms with Gasteiger partial charge < -0.3 is 9.47 Å². The summed E-state index contributed by atoms with van der Waals surface area (Å²) >= 11 is 2.98. The molecule has 0 radical (unpaired) electrons. The second kappa shape index (κ2) is 6.93. The van der Waals surface area contributed by atoms with Crippen LogP contribution in [0, 0.1) is 0 Å². The predicted octanol–water partition coefficient (Wildman–Crippen LogP) is 3.73. The van der Waals surface area contributed by atoms with Crippen molar-refractivity contribution in [3.05, 3.63) is 29.3 Å². The molecule has 1 rings (SSSR count). The molecule has 8 heteroatoms. The van der Waals surface area contributed by atoms with Gasteiger partial charge in [0, 0.05) is 0 Å². The van der Waals surface area contributed by atoms with Crippen molar-refractivity contribution >= 4 is 27.7 Å². The second-order valence-corrected chi connectivity index (χ2v) is 5.33. The first kappa shape index (κ1) is 17.5. The average Bonchev–Trinajstić information content (AvgIpc) is 2.36. The maximum Gasteiger partial charge on any atom is 0.573 e. The number of ether oxygens (including phenoxy) is 2. The van der Waals surface area contributed by atoms with Crippen molar-refractivity contribution in [3.8, 4) is 5.75 Å². The summed E-state index contributed by atoms with van der Waals surface area (Å²) in [6.07, 6.45) is -4.93. The highest BCUT2D eigenvalue weighted by molar-refractivity contribution is 9.10. The fourth-order valence-corrected chi connectivity index (χ4v) is 1.74. The van der Waals surface area contributed by atoms with Gasteiger partial charge in [0.2, 0.25) is 0 Å². The lowest BCUT2D eigenvalue weighted by atomic mass is 10.0. The Kier molecular flexibility index (Phi) is 5.77. The second-order valence-electron chi connectivity index (χ2n) is 3.96. The summed E-state index contributed by atoms with van der Waals surface area (Å²) in [5.74, 6) is -2.03. The molecule has 0 saturated carbocycles. The number of esters is 1. The molecule has 1 unspecified atom stereocenters. The van der Waals surface area contributed by atoms with E-state index < -0.39 is 28.7 Å². The van der Waals surface area contributed by atoms with Crippen LogP contribution in [0.5, 0.6) is 5.75 Å². The molecule has 0 aliphatic rings. The molecular weight excluding hydrogens is 357 g/mol. The number of rotatable bonds is 5. The Bertz CT molecular complexity index is 541. The zero-order valence-electron chi connectivity index (χ0n) is 11.2. The van der Waals surface area contributed by atoms with Crippen molar-refractivity contribution in [2.75, 3.05) is 6.61 Å². The van der Waals surface area contributed by atoms with Gasteiger partial charge in [-0.25, -0.2) is 4.79 Å². The van der Waals surface area contributed by atoms with E-state index in [1.54, 1.807) is 6.92 Å². The standard InChI is InChI=1S/C13H12BrF3O4/c1-3-20-12(19)8-4-5-10(21-13(15,16)17)9(6-8)11(18)7(2)14/h4-7H,3H2,1-2H3. The van der Waals surface area contributed by atoms with E-state index in [9.17, 15) is 22.8 Å². The number of Topliss-reactive ketones (excluding diaryl/α,β-unsaturated/α-hetero) is 1. The van der Waals surface area contributed by atoms with Crippen molar-refractivity contribution in [1.29, 1.82) is 0 Å². The molecule has 0 saturated heterocycles. The number of ketones is 1. The summed E-state index contributed by atoms with van der Waals surface area (Å²) in [6, 6.07) is 3.05. The summed E-state index contributed by atoms with van der Waals surface area (Å²) < 4.78 is 45.5. The number of halogens is 4. The number of hydrogen-bond donors (Lipinski definition) is 0. The third-order valence-electron chi connectivity index (χ3n) is 2.34. The lowest BCUT2D eigenvalue weighted by Crippen LogP contribution is -2.21. The zero-order chi connectivity index (χ0) is 16.2. The Morgan fingerprint density at radius 1 is 1.33 bits per heavy atom. The molecule has 1 atom stereocenters. The van der Waals surface area contributed by atoms with E-state index in [2.05, 4.69) is 20.7 Å². The molecule has 0 aliphatic carbocycles. The highest BCUT2D eigenvalue weighted by atomic mass is 79.9. The smallest absolute Gasteiger partial charge is 0.462 e. The molecular formula is C13H12BrF3O4. The van der Waals surface area contributed by atoms with E-state index in [0.29, 0.717) is 0 Å². The minimum Gasteiger partial charge on any atom is -0.462 e. The monoisotopic (exact) mass is 368 g/mol. The third-order valence-corrected chi connectivity index (χ3v) is 2.76. The minimum absolute atomic E-state index is 0.0251. The molecule has 0 heterocycles. The van der Waals surface area contributed by atoms with Crippen LogP contribution in [-0.4, -0.2) is 29.5 Å². The van der Waals surface area contributed by atoms with Crippen LogP contribution in [0.3, 0.4) is 0 Å². The minimum atomic E-state index is -4.93. The van der Waals surface area contributed by atoms with Crippen molar-refractivity contribution in [2.24, 2.45) is 0 Å². The van der Waals surface area contributed by atoms with Crippen LogP contribution in [0.4, 0.5) is 13.2 Å². The van der Waals surface area contributed by atoms with Crippen LogP contribution in [0.2, 0.25) is 0 Å². The molecule has 0 aliphatic heterocycles. The van der Waals surface area contributed by atoms with Gasteiger partial charge in [-0.2, -0.15) is 0 Å². The lowest BCUT2D eigenvalue weighted by molar-refractivity contribution is -0.274. The van der Waals surface area contributed by atoms with E-state index in [4.69, 9.17) is 4.74 Å². The zero-order valence-corrected chi connectivity index (χ0v) is 12.7. The Hall–Kier alpha value is -1.57. The summed E-state index contributed by atoms with van der Waals surface area (Å²) in [5.41, 5.74) is -0.370. The summed E-state index contributed by atoms with van der Waals surface area (Å²) in [6.45, 7) is 3.15. The molecule has 116 valence electrons. The van der Waals surface area contributed by atoms with Gasteiger partial charge in [0.15, 0.2) is 5.78 Å². The van der Waals surface area contributed by atoms with Crippen molar-refractivity contribution in [2.45, 2.75) is 25.0 Å². The van der Waals surface area contributed by atoms with Gasteiger partial charge in [-0.3, -0.25) is 4.79 Å². The van der Waals surface area contributed by atoms with Gasteiger partial charge in [-0.05, 0) is 32.0 Å². The molecule has 0 fully saturated rings. The first-order valence-corrected chi connectivity index (χ1v) is 6.82. The van der Waals surface area contributed by atoms with Gasteiger partial charge in [0.1, 0.15) is 5.75 Å². The molecule has 4 nitrogen and oxygen atoms in total. The summed E-state index contributed by atoms with van der Waals surface area (Å²) in [7, 11) is 0. The SMILES string of the molecule is CCOC(=O)c1ccc(OC(F)(F)F)c(C(=O)C(C)Br)c1. The van der Waals surface area contributed by atoms with Crippen LogP contribution < -0.4 is 4.74 Å². The molecule has 1 aromatic rings. The molecule has 0 amide bonds. The van der Waals surface area contributed by atoms with Crippen molar-refractivity contribution in [1.82, 2.24) is 0 Å². The van der Waals surface area contributed by atoms with Gasteiger partial charge in [-0.1, -0.05) is 15.9 Å². The molecule has 1 aromatic carbocycles. The molecule has 0 spiro atoms. The Morgan fingerprint density at radius 3 is 2.43 bits per heavy atom. The Balaban J connectivity index is 3.26. The summed E-state index contributed by atoms with van der Waals surface area (Å²) in [4.78, 5) is 22.8. The van der Waals surface area contributed by atoms with Gasteiger partial charge >= 0.3 is 12.3 Å². The topological polar surface area (TPSA) is 52.6 Å². The quantitative estimate of drug-likeness (QED) is 0.451. The first-order chi connectivity index (χ1) is 9.65. The van der Waals surface area contributed by atoms with Gasteiger partial charge in [0.25, 0.3) is 0 Å². The Morgan fingerprint density at radius 2 is 1.95 bits per heavy atom. The largest absolute Gasteiger partial charge is 0.573 e. The average molecular weight is 369 g/mol. The van der Waals surface area contributed by atoms with Crippen LogP contribution in [0.25, 0.3) is 0 Å². The van der Waals surface area contributed by atoms with Crippen LogP contribution >= 0.6 is 15.9 Å². The lowest BCUT2D eigenvalue weighted by Gasteiger charge is -2.14. The predicted molar refractivity (Wildman–Crippen MR) is 71.8 cm³/mol. The number of alkyl halides is 4. The molecule has 0 bridgehead atoms. The van der Waals surface area contributed by atoms with E-state index >= 15 is 0 Å². The number of carbonyl (C=O) groups is 2. The fourth-order valence-electron chi connectivity index (χ4n) is 1.49. The maximum atomic E-state index is 12.3. The highest BCUT2D eigenvalue weighted by Gasteiger charge is 2.33. The number of hydrogen-bond acceptors (Lipinski definition) is 4. The summed E-state index contributed by atoms with van der Waals surface area (Å²) in [5, 5.41) is 0. The van der Waals surface area contributed by atoms with Gasteiger partial charge in [-0.15, -0.1) is 13.2 Å². The first-order valence-electron chi connectivity index (χ1n) is 5.91. The normalized spacial score (nSPS) is 12.7. The highest BCUT2D eigenvalue weighted by Crippen LogP contribution is 2.29.